The van der Waals surface area contributed by atoms with E-state index in [1.807, 2.05) is 35.2 Å². The van der Waals surface area contributed by atoms with E-state index in [0.29, 0.717) is 11.3 Å². The quantitative estimate of drug-likeness (QED) is 0.833. The number of amides is 1. The van der Waals surface area contributed by atoms with Crippen molar-refractivity contribution in [3.05, 3.63) is 35.9 Å². The fourth-order valence-corrected chi connectivity index (χ4v) is 3.07. The van der Waals surface area contributed by atoms with E-state index in [1.54, 1.807) is 0 Å². The van der Waals surface area contributed by atoms with Crippen LogP contribution in [0.1, 0.15) is 45.1 Å². The van der Waals surface area contributed by atoms with Crippen LogP contribution in [-0.4, -0.2) is 23.9 Å². The average Bonchev–Trinajstić information content (AvgIpc) is 2.48. The van der Waals surface area contributed by atoms with Gasteiger partial charge in [-0.25, -0.2) is 0 Å². The maximum Gasteiger partial charge on any atom is 0.244 e. The highest BCUT2D eigenvalue weighted by molar-refractivity contribution is 5.86. The van der Waals surface area contributed by atoms with Gasteiger partial charge in [-0.05, 0) is 29.7 Å². The molecule has 1 heterocycles. The number of nitrogens with zero attached hydrogens (tertiary/aromatic N) is 2. The van der Waals surface area contributed by atoms with E-state index in [1.165, 1.54) is 0 Å². The first-order chi connectivity index (χ1) is 9.93. The zero-order valence-corrected chi connectivity index (χ0v) is 13.2. The molecule has 0 saturated carbocycles. The SMILES string of the molecule is CC(C)(C)C1CCN(C(=O)C(C#N)c2ccccc2)CC1. The van der Waals surface area contributed by atoms with Crippen molar-refractivity contribution in [3.63, 3.8) is 0 Å². The minimum Gasteiger partial charge on any atom is -0.341 e. The maximum atomic E-state index is 12.6. The summed E-state index contributed by atoms with van der Waals surface area (Å²) in [5.74, 6) is -0.0627. The van der Waals surface area contributed by atoms with E-state index in [-0.39, 0.29) is 5.91 Å². The Morgan fingerprint density at radius 1 is 1.24 bits per heavy atom. The van der Waals surface area contributed by atoms with Gasteiger partial charge in [0.25, 0.3) is 0 Å². The van der Waals surface area contributed by atoms with Crippen LogP contribution in [-0.2, 0) is 4.79 Å². The molecule has 1 atom stereocenters. The van der Waals surface area contributed by atoms with Crippen LogP contribution in [0, 0.1) is 22.7 Å². The first kappa shape index (κ1) is 15.6. The third-order valence-electron chi connectivity index (χ3n) is 4.54. The minimum atomic E-state index is -0.669. The fraction of sp³-hybridized carbons (Fsp3) is 0.556. The summed E-state index contributed by atoms with van der Waals surface area (Å²) in [5.41, 5.74) is 1.09. The van der Waals surface area contributed by atoms with Crippen LogP contribution < -0.4 is 0 Å². The smallest absolute Gasteiger partial charge is 0.244 e. The molecule has 0 N–H and O–H groups in total. The summed E-state index contributed by atoms with van der Waals surface area (Å²) >= 11 is 0. The maximum absolute atomic E-state index is 12.6. The number of benzene rings is 1. The van der Waals surface area contributed by atoms with E-state index in [2.05, 4.69) is 26.8 Å². The third kappa shape index (κ3) is 3.64. The summed E-state index contributed by atoms with van der Waals surface area (Å²) < 4.78 is 0. The molecular weight excluding hydrogens is 260 g/mol. The van der Waals surface area contributed by atoms with Gasteiger partial charge in [0.2, 0.25) is 5.91 Å². The standard InChI is InChI=1S/C18H24N2O/c1-18(2,3)15-9-11-20(12-10-15)17(21)16(13-19)14-7-5-4-6-8-14/h4-8,15-16H,9-12H2,1-3H3. The molecule has 3 heteroatoms. The predicted molar refractivity (Wildman–Crippen MR) is 83.6 cm³/mol. The van der Waals surface area contributed by atoms with Crippen LogP contribution in [0.3, 0.4) is 0 Å². The number of hydrogen-bond donors (Lipinski definition) is 0. The molecule has 0 spiro atoms. The number of hydrogen-bond acceptors (Lipinski definition) is 2. The molecule has 1 aliphatic rings. The second-order valence-electron chi connectivity index (χ2n) is 6.94. The van der Waals surface area contributed by atoms with Gasteiger partial charge in [0.1, 0.15) is 5.92 Å². The van der Waals surface area contributed by atoms with Gasteiger partial charge < -0.3 is 4.90 Å². The van der Waals surface area contributed by atoms with Crippen LogP contribution in [0.15, 0.2) is 30.3 Å². The molecule has 1 aromatic carbocycles. The summed E-state index contributed by atoms with van der Waals surface area (Å²) in [7, 11) is 0. The highest BCUT2D eigenvalue weighted by atomic mass is 16.2. The van der Waals surface area contributed by atoms with Crippen molar-refractivity contribution < 1.29 is 4.79 Å². The number of rotatable bonds is 2. The molecule has 2 rings (SSSR count). The Morgan fingerprint density at radius 2 is 1.81 bits per heavy atom. The molecule has 112 valence electrons. The van der Waals surface area contributed by atoms with Crippen LogP contribution >= 0.6 is 0 Å². The second-order valence-corrected chi connectivity index (χ2v) is 6.94. The lowest BCUT2D eigenvalue weighted by Gasteiger charge is -2.39. The largest absolute Gasteiger partial charge is 0.341 e. The molecule has 1 aliphatic heterocycles. The Hall–Kier alpha value is -1.82. The van der Waals surface area contributed by atoms with E-state index in [9.17, 15) is 10.1 Å². The Labute approximate surface area is 127 Å². The summed E-state index contributed by atoms with van der Waals surface area (Å²) in [6.45, 7) is 8.32. The van der Waals surface area contributed by atoms with Crippen molar-refractivity contribution in [3.8, 4) is 6.07 Å². The van der Waals surface area contributed by atoms with Crippen molar-refractivity contribution in [1.29, 1.82) is 5.26 Å². The molecular formula is C18H24N2O. The normalized spacial score (nSPS) is 18.1. The van der Waals surface area contributed by atoms with Gasteiger partial charge in [0.05, 0.1) is 6.07 Å². The highest BCUT2D eigenvalue weighted by Crippen LogP contribution is 2.35. The molecule has 1 unspecified atom stereocenters. The van der Waals surface area contributed by atoms with Gasteiger partial charge in [0.15, 0.2) is 0 Å². The average molecular weight is 284 g/mol. The Morgan fingerprint density at radius 3 is 2.29 bits per heavy atom. The Bertz CT molecular complexity index is 516. The van der Waals surface area contributed by atoms with Gasteiger partial charge in [-0.2, -0.15) is 5.26 Å². The number of carbonyl (C=O) groups excluding carboxylic acids is 1. The van der Waals surface area contributed by atoms with Gasteiger partial charge >= 0.3 is 0 Å². The van der Waals surface area contributed by atoms with Crippen molar-refractivity contribution in [2.75, 3.05) is 13.1 Å². The van der Waals surface area contributed by atoms with E-state index in [0.717, 1.165) is 31.5 Å². The molecule has 0 bridgehead atoms. The van der Waals surface area contributed by atoms with Gasteiger partial charge in [-0.3, -0.25) is 4.79 Å². The molecule has 0 aliphatic carbocycles. The molecule has 0 aromatic heterocycles. The van der Waals surface area contributed by atoms with Crippen molar-refractivity contribution in [2.45, 2.75) is 39.5 Å². The van der Waals surface area contributed by atoms with Gasteiger partial charge in [-0.15, -0.1) is 0 Å². The molecule has 0 radical (unpaired) electrons. The van der Waals surface area contributed by atoms with Gasteiger partial charge in [-0.1, -0.05) is 51.1 Å². The van der Waals surface area contributed by atoms with Gasteiger partial charge in [0, 0.05) is 13.1 Å². The number of nitriles is 1. The summed E-state index contributed by atoms with van der Waals surface area (Å²) in [6, 6.07) is 11.5. The minimum absolute atomic E-state index is 0.0453. The van der Waals surface area contributed by atoms with Crippen LogP contribution in [0.4, 0.5) is 0 Å². The monoisotopic (exact) mass is 284 g/mol. The zero-order valence-electron chi connectivity index (χ0n) is 13.2. The van der Waals surface area contributed by atoms with E-state index < -0.39 is 5.92 Å². The Balaban J connectivity index is 2.03. The molecule has 21 heavy (non-hydrogen) atoms. The zero-order chi connectivity index (χ0) is 15.5. The van der Waals surface area contributed by atoms with Crippen molar-refractivity contribution >= 4 is 5.91 Å². The Kier molecular flexibility index (Phi) is 4.67. The lowest BCUT2D eigenvalue weighted by molar-refractivity contribution is -0.133. The number of carbonyl (C=O) groups is 1. The number of likely N-dealkylation sites (tertiary alicyclic amines) is 1. The third-order valence-corrected chi connectivity index (χ3v) is 4.54. The molecule has 1 saturated heterocycles. The molecule has 1 fully saturated rings. The predicted octanol–water partition coefficient (Wildman–Crippen LogP) is 3.58. The highest BCUT2D eigenvalue weighted by Gasteiger charge is 2.33. The fourth-order valence-electron chi connectivity index (χ4n) is 3.07. The van der Waals surface area contributed by atoms with Crippen LogP contribution in [0.25, 0.3) is 0 Å². The van der Waals surface area contributed by atoms with Crippen LogP contribution in [0.5, 0.6) is 0 Å². The lowest BCUT2D eigenvalue weighted by atomic mass is 9.75. The summed E-state index contributed by atoms with van der Waals surface area (Å²) in [5, 5.41) is 9.36. The second kappa shape index (κ2) is 6.30. The summed E-state index contributed by atoms with van der Waals surface area (Å²) in [6.07, 6.45) is 2.06. The molecule has 1 aromatic rings. The van der Waals surface area contributed by atoms with Crippen molar-refractivity contribution in [2.24, 2.45) is 11.3 Å². The number of piperidine rings is 1. The first-order valence-electron chi connectivity index (χ1n) is 7.67. The van der Waals surface area contributed by atoms with Crippen molar-refractivity contribution in [1.82, 2.24) is 4.90 Å². The first-order valence-corrected chi connectivity index (χ1v) is 7.67. The molecule has 3 nitrogen and oxygen atoms in total. The van der Waals surface area contributed by atoms with E-state index in [4.69, 9.17) is 0 Å². The topological polar surface area (TPSA) is 44.1 Å². The molecule has 1 amide bonds. The van der Waals surface area contributed by atoms with E-state index >= 15 is 0 Å². The summed E-state index contributed by atoms with van der Waals surface area (Å²) in [4.78, 5) is 14.5. The lowest BCUT2D eigenvalue weighted by Crippen LogP contribution is -2.43. The van der Waals surface area contributed by atoms with Crippen LogP contribution in [0.2, 0.25) is 0 Å².